The fourth-order valence-electron chi connectivity index (χ4n) is 0.738. The molecule has 12 heavy (non-hydrogen) atoms. The van der Waals surface area contributed by atoms with E-state index in [0.717, 1.165) is 16.1 Å². The number of thioether (sulfide) groups is 2. The van der Waals surface area contributed by atoms with Crippen molar-refractivity contribution in [1.82, 2.24) is 0 Å². The average molecular weight is 198 g/mol. The smallest absolute Gasteiger partial charge is 0.487 e. The Balaban J connectivity index is 0.00000121. The molecule has 0 aromatic rings. The van der Waals surface area contributed by atoms with Crippen LogP contribution < -0.4 is 18.9 Å². The molecule has 0 aliphatic carbocycles. The van der Waals surface area contributed by atoms with Gasteiger partial charge in [0.05, 0.1) is 6.61 Å². The van der Waals surface area contributed by atoms with Gasteiger partial charge in [-0.1, -0.05) is 0 Å². The Morgan fingerprint density at radius 2 is 2.08 bits per heavy atom. The summed E-state index contributed by atoms with van der Waals surface area (Å²) < 4.78 is 5.70. The first kappa shape index (κ1) is 12.6. The molecule has 0 atom stereocenters. The third-order valence-electron chi connectivity index (χ3n) is 1.20. The van der Waals surface area contributed by atoms with E-state index in [0.29, 0.717) is 6.61 Å². The zero-order chi connectivity index (χ0) is 8.10. The van der Waals surface area contributed by atoms with E-state index in [9.17, 15) is 4.79 Å². The van der Waals surface area contributed by atoms with Crippen LogP contribution in [0.2, 0.25) is 0 Å². The van der Waals surface area contributed by atoms with E-state index in [-0.39, 0.29) is 24.8 Å². The van der Waals surface area contributed by atoms with Crippen LogP contribution in [0, 0.1) is 4.58 Å². The van der Waals surface area contributed by atoms with Gasteiger partial charge >= 0.3 is 18.9 Å². The van der Waals surface area contributed by atoms with E-state index in [1.807, 2.05) is 6.92 Å². The first-order valence-corrected chi connectivity index (χ1v) is 5.61. The van der Waals surface area contributed by atoms with Crippen molar-refractivity contribution in [1.29, 1.82) is 0 Å². The molecule has 2 nitrogen and oxygen atoms in total. The number of carbonyl (C=O) groups excluding carboxylic acids is 1. The quantitative estimate of drug-likeness (QED) is 0.320. The van der Waals surface area contributed by atoms with Gasteiger partial charge in [0.1, 0.15) is 0 Å². The first-order chi connectivity index (χ1) is 5.34. The van der Waals surface area contributed by atoms with Gasteiger partial charge in [-0.25, -0.2) is 0 Å². The van der Waals surface area contributed by atoms with Crippen LogP contribution in [0.25, 0.3) is 0 Å². The summed E-state index contributed by atoms with van der Waals surface area (Å²) in [7, 11) is 0. The van der Waals surface area contributed by atoms with Crippen LogP contribution in [0.4, 0.5) is 0 Å². The van der Waals surface area contributed by atoms with Gasteiger partial charge < -0.3 is 28.3 Å². The molecule has 0 amide bonds. The van der Waals surface area contributed by atoms with Crippen LogP contribution in [0.5, 0.6) is 0 Å². The Kier molecular flexibility index (Phi) is 7.46. The second-order valence-electron chi connectivity index (χ2n) is 2.06. The Morgan fingerprint density at radius 3 is 2.58 bits per heavy atom. The van der Waals surface area contributed by atoms with Crippen molar-refractivity contribution in [3.63, 3.8) is 0 Å². The Bertz CT molecular complexity index is 137. The number of hydrogen-bond acceptors (Lipinski definition) is 4. The molecule has 1 heterocycles. The minimum atomic E-state index is -0.137. The van der Waals surface area contributed by atoms with Gasteiger partial charge in [-0.2, -0.15) is 4.58 Å². The summed E-state index contributed by atoms with van der Waals surface area (Å²) in [5.74, 6) is 1.98. The van der Waals surface area contributed by atoms with Crippen molar-refractivity contribution in [3.05, 3.63) is 4.58 Å². The molecule has 1 rings (SSSR count). The maximum atomic E-state index is 11.1. The van der Waals surface area contributed by atoms with Gasteiger partial charge in [-0.15, -0.1) is 0 Å². The van der Waals surface area contributed by atoms with Gasteiger partial charge in [-0.05, 0) is 24.9 Å². The summed E-state index contributed by atoms with van der Waals surface area (Å²) in [5, 5.41) is 0. The number of hydrogen-bond donors (Lipinski definition) is 0. The predicted molar refractivity (Wildman–Crippen MR) is 49.4 cm³/mol. The molecule has 0 saturated carbocycles. The molecule has 1 fully saturated rings. The SMILES string of the molecule is CCOC(=O)[C-]1SCCCS1.[Li+]. The molecule has 64 valence electrons. The molecule has 1 aliphatic rings. The summed E-state index contributed by atoms with van der Waals surface area (Å²) in [5.41, 5.74) is 0. The molecule has 1 aliphatic heterocycles. The van der Waals surface area contributed by atoms with Crippen LogP contribution in [-0.2, 0) is 9.53 Å². The number of esters is 1. The first-order valence-electron chi connectivity index (χ1n) is 3.64. The van der Waals surface area contributed by atoms with Crippen molar-refractivity contribution in [2.45, 2.75) is 13.3 Å². The van der Waals surface area contributed by atoms with Gasteiger partial charge in [0.15, 0.2) is 5.97 Å². The molecule has 0 spiro atoms. The largest absolute Gasteiger partial charge is 1.00 e. The van der Waals surface area contributed by atoms with E-state index >= 15 is 0 Å². The third-order valence-corrected chi connectivity index (χ3v) is 3.75. The van der Waals surface area contributed by atoms with Crippen LogP contribution in [0.15, 0.2) is 0 Å². The summed E-state index contributed by atoms with van der Waals surface area (Å²) >= 11 is 3.23. The molecule has 5 heteroatoms. The number of ether oxygens (including phenoxy) is 1. The second kappa shape index (κ2) is 7.08. The van der Waals surface area contributed by atoms with E-state index in [1.54, 1.807) is 23.5 Å². The van der Waals surface area contributed by atoms with Gasteiger partial charge in [0, 0.05) is 0 Å². The normalized spacial score (nSPS) is 16.6. The standard InChI is InChI=1S/C7H11O2S2.Li/c1-2-9-6(8)7-10-4-3-5-11-7;/h2-5H2,1H3;/q-1;+1. The topological polar surface area (TPSA) is 26.3 Å². The van der Waals surface area contributed by atoms with Gasteiger partial charge in [-0.3, -0.25) is 4.79 Å². The maximum Gasteiger partial charge on any atom is 1.00 e. The second-order valence-corrected chi connectivity index (χ2v) is 4.53. The Labute approximate surface area is 93.7 Å². The molecule has 1 saturated heterocycles. The van der Waals surface area contributed by atoms with Crippen molar-refractivity contribution >= 4 is 29.5 Å². The van der Waals surface area contributed by atoms with Crippen LogP contribution in [-0.4, -0.2) is 24.1 Å². The average Bonchev–Trinajstić information content (AvgIpc) is 2.07. The Hall–Kier alpha value is 0.637. The zero-order valence-electron chi connectivity index (χ0n) is 7.46. The number of rotatable bonds is 2. The number of carbonyl (C=O) groups is 1. The minimum Gasteiger partial charge on any atom is -0.487 e. The fraction of sp³-hybridized carbons (Fsp3) is 0.714. The van der Waals surface area contributed by atoms with E-state index < -0.39 is 0 Å². The van der Waals surface area contributed by atoms with Crippen molar-refractivity contribution in [2.24, 2.45) is 0 Å². The van der Waals surface area contributed by atoms with Gasteiger partial charge in [0.25, 0.3) is 0 Å². The molecular weight excluding hydrogens is 187 g/mol. The Morgan fingerprint density at radius 1 is 1.50 bits per heavy atom. The molecule has 0 aromatic heterocycles. The van der Waals surface area contributed by atoms with Crippen LogP contribution >= 0.6 is 23.5 Å². The van der Waals surface area contributed by atoms with Crippen LogP contribution in [0.1, 0.15) is 13.3 Å². The maximum absolute atomic E-state index is 11.1. The van der Waals surface area contributed by atoms with E-state index in [4.69, 9.17) is 4.74 Å². The molecule has 0 unspecified atom stereocenters. The van der Waals surface area contributed by atoms with Crippen molar-refractivity contribution < 1.29 is 28.4 Å². The molecule has 0 aromatic carbocycles. The molecule has 0 N–H and O–H groups in total. The third kappa shape index (κ3) is 4.04. The van der Waals surface area contributed by atoms with Crippen molar-refractivity contribution in [2.75, 3.05) is 18.1 Å². The van der Waals surface area contributed by atoms with E-state index in [1.165, 1.54) is 6.42 Å². The molecule has 0 radical (unpaired) electrons. The molecule has 0 bridgehead atoms. The summed E-state index contributed by atoms with van der Waals surface area (Å²) in [4.78, 5) is 11.1. The monoisotopic (exact) mass is 198 g/mol. The fourth-order valence-corrected chi connectivity index (χ4v) is 3.06. The van der Waals surface area contributed by atoms with E-state index in [2.05, 4.69) is 0 Å². The molecular formula is C7H11LiO2S2. The van der Waals surface area contributed by atoms with Crippen LogP contribution in [0.3, 0.4) is 0 Å². The summed E-state index contributed by atoms with van der Waals surface area (Å²) in [6, 6.07) is 0. The summed E-state index contributed by atoms with van der Waals surface area (Å²) in [6.07, 6.45) is 1.19. The summed E-state index contributed by atoms with van der Waals surface area (Å²) in [6.45, 7) is 2.31. The predicted octanol–water partition coefficient (Wildman–Crippen LogP) is -1.09. The van der Waals surface area contributed by atoms with Gasteiger partial charge in [0.2, 0.25) is 0 Å². The minimum absolute atomic E-state index is 0. The zero-order valence-corrected chi connectivity index (χ0v) is 9.09. The van der Waals surface area contributed by atoms with Crippen molar-refractivity contribution in [3.8, 4) is 0 Å².